The number of unbranched alkanes of at least 4 members (excludes halogenated alkanes) is 7. The van der Waals surface area contributed by atoms with Gasteiger partial charge in [-0.1, -0.05) is 94.3 Å². The molecule has 0 aliphatic heterocycles. The molecule has 0 fully saturated rings. The number of rotatable bonds is 20. The first-order valence-electron chi connectivity index (χ1n) is 13.9. The van der Waals surface area contributed by atoms with Crippen molar-refractivity contribution in [3.63, 3.8) is 0 Å². The minimum absolute atomic E-state index is 0.605. The van der Waals surface area contributed by atoms with Crippen LogP contribution >= 0.6 is 0 Å². The summed E-state index contributed by atoms with van der Waals surface area (Å²) in [5.74, 6) is 0.944. The van der Waals surface area contributed by atoms with Crippen molar-refractivity contribution in [3.05, 3.63) is 65.7 Å². The number of nitrogens with zero attached hydrogens (tertiary/aromatic N) is 1. The van der Waals surface area contributed by atoms with Crippen LogP contribution in [-0.4, -0.2) is 43.9 Å². The van der Waals surface area contributed by atoms with Crippen molar-refractivity contribution in [1.82, 2.24) is 0 Å². The summed E-state index contributed by atoms with van der Waals surface area (Å²) in [6.07, 6.45) is 12.2. The van der Waals surface area contributed by atoms with Gasteiger partial charge in [0.05, 0.1) is 26.3 Å². The molecule has 0 bridgehead atoms. The highest BCUT2D eigenvalue weighted by molar-refractivity contribution is 5.27. The largest absolute Gasteiger partial charge is 0.491 e. The van der Waals surface area contributed by atoms with Crippen LogP contribution in [0.4, 0.5) is 0 Å². The average Bonchev–Trinajstić information content (AvgIpc) is 2.88. The fourth-order valence-corrected chi connectivity index (χ4v) is 4.61. The summed E-state index contributed by atoms with van der Waals surface area (Å²) in [4.78, 5) is 0. The molecule has 0 amide bonds. The van der Waals surface area contributed by atoms with Gasteiger partial charge in [0.15, 0.2) is 0 Å². The van der Waals surface area contributed by atoms with Gasteiger partial charge in [0.25, 0.3) is 0 Å². The first kappa shape index (κ1) is 28.4. The Labute approximate surface area is 210 Å². The molecule has 0 radical (unpaired) electrons. The number of benzene rings is 2. The second-order valence-electron chi connectivity index (χ2n) is 9.67. The van der Waals surface area contributed by atoms with Crippen molar-refractivity contribution in [2.45, 2.75) is 85.1 Å². The standard InChI is InChI=1S/C31H50NO2/c1-4-7-8-9-10-11-12-14-17-29-20-22-31(23-21-29)34-27-26-33-25-24-32(5-2,6-3)28-30-18-15-13-16-19-30/h13,15-16,18-23H,4-12,14,17,24-28H2,1-3H3/q+1. The minimum Gasteiger partial charge on any atom is -0.491 e. The minimum atomic E-state index is 0.605. The Morgan fingerprint density at radius 1 is 0.618 bits per heavy atom. The van der Waals surface area contributed by atoms with Gasteiger partial charge in [0, 0.05) is 5.56 Å². The molecule has 34 heavy (non-hydrogen) atoms. The van der Waals surface area contributed by atoms with E-state index < -0.39 is 0 Å². The normalized spacial score (nSPS) is 11.6. The number of aryl methyl sites for hydroxylation is 1. The summed E-state index contributed by atoms with van der Waals surface area (Å²) < 4.78 is 12.9. The van der Waals surface area contributed by atoms with Crippen molar-refractivity contribution in [1.29, 1.82) is 0 Å². The second kappa shape index (κ2) is 17.6. The van der Waals surface area contributed by atoms with Crippen molar-refractivity contribution >= 4 is 0 Å². The number of quaternary nitrogens is 1. The van der Waals surface area contributed by atoms with E-state index in [1.54, 1.807) is 0 Å². The van der Waals surface area contributed by atoms with Crippen LogP contribution in [0.25, 0.3) is 0 Å². The van der Waals surface area contributed by atoms with Crippen LogP contribution in [-0.2, 0) is 17.7 Å². The summed E-state index contributed by atoms with van der Waals surface area (Å²) in [5, 5.41) is 0. The molecule has 0 N–H and O–H groups in total. The van der Waals surface area contributed by atoms with Crippen molar-refractivity contribution < 1.29 is 14.0 Å². The molecule has 0 unspecified atom stereocenters. The molecular weight excluding hydrogens is 418 g/mol. The van der Waals surface area contributed by atoms with Gasteiger partial charge in [-0.2, -0.15) is 0 Å². The van der Waals surface area contributed by atoms with Gasteiger partial charge in [0.1, 0.15) is 25.4 Å². The lowest BCUT2D eigenvalue weighted by atomic mass is 10.0. The van der Waals surface area contributed by atoms with Gasteiger partial charge < -0.3 is 14.0 Å². The summed E-state index contributed by atoms with van der Waals surface area (Å²) in [6, 6.07) is 19.5. The lowest BCUT2D eigenvalue weighted by molar-refractivity contribution is -0.938. The van der Waals surface area contributed by atoms with Crippen LogP contribution in [0.2, 0.25) is 0 Å². The maximum Gasteiger partial charge on any atom is 0.119 e. The quantitative estimate of drug-likeness (QED) is 0.146. The Bertz CT molecular complexity index is 725. The predicted molar refractivity (Wildman–Crippen MR) is 145 cm³/mol. The van der Waals surface area contributed by atoms with Crippen LogP contribution in [0.5, 0.6) is 5.75 Å². The van der Waals surface area contributed by atoms with E-state index in [0.29, 0.717) is 13.2 Å². The molecule has 190 valence electrons. The fraction of sp³-hybridized carbons (Fsp3) is 0.613. The molecule has 0 aromatic heterocycles. The highest BCUT2D eigenvalue weighted by atomic mass is 16.5. The van der Waals surface area contributed by atoms with E-state index in [2.05, 4.69) is 75.4 Å². The maximum absolute atomic E-state index is 5.94. The monoisotopic (exact) mass is 468 g/mol. The topological polar surface area (TPSA) is 18.5 Å². The summed E-state index contributed by atoms with van der Waals surface area (Å²) in [7, 11) is 0. The summed E-state index contributed by atoms with van der Waals surface area (Å²) in [6.45, 7) is 13.2. The Balaban J connectivity index is 1.56. The predicted octanol–water partition coefficient (Wildman–Crippen LogP) is 7.82. The van der Waals surface area contributed by atoms with Gasteiger partial charge in [-0.3, -0.25) is 0 Å². The summed E-state index contributed by atoms with van der Waals surface area (Å²) in [5.41, 5.74) is 2.82. The van der Waals surface area contributed by atoms with Crippen molar-refractivity contribution in [3.8, 4) is 5.75 Å². The molecule has 0 spiro atoms. The number of likely N-dealkylation sites (N-methyl/N-ethyl adjacent to an activating group) is 1. The zero-order valence-corrected chi connectivity index (χ0v) is 22.3. The highest BCUT2D eigenvalue weighted by Gasteiger charge is 2.23. The third kappa shape index (κ3) is 11.5. The van der Waals surface area contributed by atoms with Crippen LogP contribution in [0.3, 0.4) is 0 Å². The van der Waals surface area contributed by atoms with Crippen LogP contribution < -0.4 is 4.74 Å². The van der Waals surface area contributed by atoms with E-state index in [1.807, 2.05) is 0 Å². The molecule has 3 heteroatoms. The van der Waals surface area contributed by atoms with Gasteiger partial charge in [-0.15, -0.1) is 0 Å². The molecule has 0 aliphatic carbocycles. The van der Waals surface area contributed by atoms with E-state index in [1.165, 1.54) is 68.9 Å². The molecule has 0 saturated carbocycles. The molecular formula is C31H50NO2+. The Kier molecular flexibility index (Phi) is 14.7. The highest BCUT2D eigenvalue weighted by Crippen LogP contribution is 2.16. The maximum atomic E-state index is 5.94. The number of ether oxygens (including phenoxy) is 2. The molecule has 2 aromatic carbocycles. The molecule has 0 aliphatic rings. The zero-order chi connectivity index (χ0) is 24.3. The summed E-state index contributed by atoms with van der Waals surface area (Å²) >= 11 is 0. The SMILES string of the molecule is CCCCCCCCCCc1ccc(OCCOCC[N+](CC)(CC)Cc2ccccc2)cc1. The van der Waals surface area contributed by atoms with E-state index in [4.69, 9.17) is 9.47 Å². The van der Waals surface area contributed by atoms with Crippen LogP contribution in [0.15, 0.2) is 54.6 Å². The smallest absolute Gasteiger partial charge is 0.119 e. The second-order valence-corrected chi connectivity index (χ2v) is 9.67. The van der Waals surface area contributed by atoms with Crippen molar-refractivity contribution in [2.24, 2.45) is 0 Å². The molecule has 0 heterocycles. The Morgan fingerprint density at radius 2 is 1.26 bits per heavy atom. The van der Waals surface area contributed by atoms with E-state index in [9.17, 15) is 0 Å². The Hall–Kier alpha value is -1.84. The zero-order valence-electron chi connectivity index (χ0n) is 22.3. The van der Waals surface area contributed by atoms with E-state index in [-0.39, 0.29) is 0 Å². The fourth-order valence-electron chi connectivity index (χ4n) is 4.61. The van der Waals surface area contributed by atoms with Gasteiger partial charge >= 0.3 is 0 Å². The van der Waals surface area contributed by atoms with Crippen LogP contribution in [0.1, 0.15) is 83.3 Å². The van der Waals surface area contributed by atoms with Gasteiger partial charge in [-0.05, 0) is 44.4 Å². The van der Waals surface area contributed by atoms with Crippen LogP contribution in [0, 0.1) is 0 Å². The molecule has 3 nitrogen and oxygen atoms in total. The van der Waals surface area contributed by atoms with E-state index in [0.717, 1.165) is 43.0 Å². The lowest BCUT2D eigenvalue weighted by Crippen LogP contribution is -2.49. The Morgan fingerprint density at radius 3 is 1.91 bits per heavy atom. The third-order valence-corrected chi connectivity index (χ3v) is 7.15. The third-order valence-electron chi connectivity index (χ3n) is 7.15. The number of hydrogen-bond donors (Lipinski definition) is 0. The van der Waals surface area contributed by atoms with Gasteiger partial charge in [-0.25, -0.2) is 0 Å². The number of hydrogen-bond acceptors (Lipinski definition) is 2. The molecule has 2 aromatic rings. The molecule has 2 rings (SSSR count). The molecule has 0 atom stereocenters. The first-order valence-corrected chi connectivity index (χ1v) is 13.9. The average molecular weight is 469 g/mol. The first-order chi connectivity index (χ1) is 16.7. The van der Waals surface area contributed by atoms with E-state index >= 15 is 0 Å². The van der Waals surface area contributed by atoms with Gasteiger partial charge in [0.2, 0.25) is 0 Å². The molecule has 0 saturated heterocycles. The van der Waals surface area contributed by atoms with Crippen molar-refractivity contribution in [2.75, 3.05) is 39.5 Å². The lowest BCUT2D eigenvalue weighted by Gasteiger charge is -2.37.